The predicted molar refractivity (Wildman–Crippen MR) is 76.1 cm³/mol. The van der Waals surface area contributed by atoms with E-state index >= 15 is 0 Å². The Labute approximate surface area is 119 Å². The number of anilines is 1. The molecule has 1 fully saturated rings. The van der Waals surface area contributed by atoms with Gasteiger partial charge in [-0.15, -0.1) is 0 Å². The highest BCUT2D eigenvalue weighted by atomic mass is 79.9. The molecule has 0 aromatic carbocycles. The Morgan fingerprint density at radius 2 is 2.37 bits per heavy atom. The van der Waals surface area contributed by atoms with Crippen LogP contribution in [0.1, 0.15) is 6.42 Å². The van der Waals surface area contributed by atoms with Crippen LogP contribution in [0.4, 0.5) is 5.69 Å². The second kappa shape index (κ2) is 5.03. The number of aromatic nitrogens is 2. The van der Waals surface area contributed by atoms with Gasteiger partial charge in [0.2, 0.25) is 0 Å². The molecule has 1 atom stereocenters. The Morgan fingerprint density at radius 1 is 1.47 bits per heavy atom. The fourth-order valence-electron chi connectivity index (χ4n) is 2.14. The monoisotopic (exact) mass is 323 g/mol. The summed E-state index contributed by atoms with van der Waals surface area (Å²) in [7, 11) is 0. The van der Waals surface area contributed by atoms with Crippen molar-refractivity contribution in [3.63, 3.8) is 0 Å². The molecule has 3 rings (SSSR count). The topological polar surface area (TPSA) is 67.3 Å². The summed E-state index contributed by atoms with van der Waals surface area (Å²) in [4.78, 5) is 8.64. The van der Waals surface area contributed by atoms with Gasteiger partial charge in [0, 0.05) is 36.4 Å². The first kappa shape index (κ1) is 12.8. The Morgan fingerprint density at radius 3 is 3.16 bits per heavy atom. The van der Waals surface area contributed by atoms with Crippen molar-refractivity contribution in [3.8, 4) is 0 Å². The Bertz CT molecular complexity index is 599. The number of ether oxygens (including phenoxy) is 1. The number of fused-ring (bicyclic) bond motifs is 1. The molecule has 19 heavy (non-hydrogen) atoms. The summed E-state index contributed by atoms with van der Waals surface area (Å²) in [5, 5.41) is 13.5. The highest BCUT2D eigenvalue weighted by Gasteiger charge is 2.32. The maximum Gasteiger partial charge on any atom is 0.112 e. The summed E-state index contributed by atoms with van der Waals surface area (Å²) in [5.74, 6) is 0. The van der Waals surface area contributed by atoms with Crippen LogP contribution < -0.4 is 5.32 Å². The quantitative estimate of drug-likeness (QED) is 0.903. The molecule has 2 aromatic rings. The molecule has 1 aliphatic rings. The zero-order chi connectivity index (χ0) is 13.3. The van der Waals surface area contributed by atoms with E-state index in [1.54, 1.807) is 12.4 Å². The van der Waals surface area contributed by atoms with E-state index in [4.69, 9.17) is 4.74 Å². The second-order valence-electron chi connectivity index (χ2n) is 4.76. The number of hydrogen-bond acceptors (Lipinski definition) is 5. The summed E-state index contributed by atoms with van der Waals surface area (Å²) in [6.07, 6.45) is 4.12. The number of nitrogens with one attached hydrogen (secondary N) is 1. The molecule has 0 spiro atoms. The SMILES string of the molecule is OC1(CNc2ccnc3cc(Br)cnc23)CCOC1. The van der Waals surface area contributed by atoms with Crippen molar-refractivity contribution in [2.75, 3.05) is 25.1 Å². The van der Waals surface area contributed by atoms with E-state index in [0.717, 1.165) is 21.2 Å². The van der Waals surface area contributed by atoms with Crippen LogP contribution in [0.3, 0.4) is 0 Å². The summed E-state index contributed by atoms with van der Waals surface area (Å²) in [6, 6.07) is 3.78. The number of nitrogens with zero attached hydrogens (tertiary/aromatic N) is 2. The smallest absolute Gasteiger partial charge is 0.112 e. The lowest BCUT2D eigenvalue weighted by atomic mass is 10.0. The minimum atomic E-state index is -0.787. The molecule has 1 unspecified atom stereocenters. The molecular weight excluding hydrogens is 310 g/mol. The minimum absolute atomic E-state index is 0.377. The maximum atomic E-state index is 10.2. The number of hydrogen-bond donors (Lipinski definition) is 2. The molecule has 2 N–H and O–H groups in total. The molecule has 0 saturated carbocycles. The summed E-state index contributed by atoms with van der Waals surface area (Å²) in [6.45, 7) is 1.44. The highest BCUT2D eigenvalue weighted by molar-refractivity contribution is 9.10. The van der Waals surface area contributed by atoms with Crippen LogP contribution in [0.25, 0.3) is 11.0 Å². The lowest BCUT2D eigenvalue weighted by molar-refractivity contribution is 0.0382. The first-order valence-electron chi connectivity index (χ1n) is 6.11. The number of pyridine rings is 2. The van der Waals surface area contributed by atoms with E-state index in [9.17, 15) is 5.11 Å². The van der Waals surface area contributed by atoms with Crippen LogP contribution in [0.15, 0.2) is 29.0 Å². The fourth-order valence-corrected chi connectivity index (χ4v) is 2.46. The van der Waals surface area contributed by atoms with Crippen LogP contribution in [0.5, 0.6) is 0 Å². The second-order valence-corrected chi connectivity index (χ2v) is 5.68. The van der Waals surface area contributed by atoms with Gasteiger partial charge in [0.15, 0.2) is 0 Å². The third kappa shape index (κ3) is 2.70. The third-order valence-corrected chi connectivity index (χ3v) is 3.67. The molecule has 0 bridgehead atoms. The zero-order valence-electron chi connectivity index (χ0n) is 10.3. The van der Waals surface area contributed by atoms with Gasteiger partial charge < -0.3 is 15.2 Å². The van der Waals surface area contributed by atoms with Crippen LogP contribution >= 0.6 is 15.9 Å². The van der Waals surface area contributed by atoms with Crippen LogP contribution in [-0.2, 0) is 4.74 Å². The lowest BCUT2D eigenvalue weighted by Crippen LogP contribution is -2.37. The van der Waals surface area contributed by atoms with Gasteiger partial charge in [-0.3, -0.25) is 9.97 Å². The minimum Gasteiger partial charge on any atom is -0.386 e. The van der Waals surface area contributed by atoms with Gasteiger partial charge in [0.1, 0.15) is 11.1 Å². The first-order valence-corrected chi connectivity index (χ1v) is 6.90. The normalized spacial score (nSPS) is 22.8. The molecule has 2 aromatic heterocycles. The zero-order valence-corrected chi connectivity index (χ0v) is 11.9. The van der Waals surface area contributed by atoms with Gasteiger partial charge in [0.25, 0.3) is 0 Å². The van der Waals surface area contributed by atoms with E-state index < -0.39 is 5.60 Å². The third-order valence-electron chi connectivity index (χ3n) is 3.23. The van der Waals surface area contributed by atoms with Crippen molar-refractivity contribution < 1.29 is 9.84 Å². The summed E-state index contributed by atoms with van der Waals surface area (Å²) < 4.78 is 6.12. The van der Waals surface area contributed by atoms with Crippen molar-refractivity contribution in [1.82, 2.24) is 9.97 Å². The Balaban J connectivity index is 1.84. The number of aliphatic hydroxyl groups is 1. The van der Waals surface area contributed by atoms with Crippen molar-refractivity contribution in [3.05, 3.63) is 29.0 Å². The van der Waals surface area contributed by atoms with Crippen molar-refractivity contribution in [1.29, 1.82) is 0 Å². The van der Waals surface area contributed by atoms with E-state index in [2.05, 4.69) is 31.2 Å². The number of rotatable bonds is 3. The van der Waals surface area contributed by atoms with Crippen molar-refractivity contribution in [2.45, 2.75) is 12.0 Å². The average Bonchev–Trinajstić information content (AvgIpc) is 2.83. The number of halogens is 1. The Kier molecular flexibility index (Phi) is 3.38. The van der Waals surface area contributed by atoms with Gasteiger partial charge in [-0.05, 0) is 28.1 Å². The highest BCUT2D eigenvalue weighted by Crippen LogP contribution is 2.24. The largest absolute Gasteiger partial charge is 0.386 e. The van der Waals surface area contributed by atoms with Crippen molar-refractivity contribution in [2.24, 2.45) is 0 Å². The maximum absolute atomic E-state index is 10.2. The van der Waals surface area contributed by atoms with Gasteiger partial charge in [-0.25, -0.2) is 0 Å². The summed E-state index contributed by atoms with van der Waals surface area (Å²) >= 11 is 3.38. The molecule has 3 heterocycles. The molecule has 6 heteroatoms. The van der Waals surface area contributed by atoms with E-state index in [-0.39, 0.29) is 0 Å². The van der Waals surface area contributed by atoms with E-state index in [1.807, 2.05) is 12.1 Å². The molecule has 100 valence electrons. The molecule has 0 aliphatic carbocycles. The molecule has 1 saturated heterocycles. The predicted octanol–water partition coefficient (Wildman–Crippen LogP) is 1.96. The fraction of sp³-hybridized carbons (Fsp3) is 0.385. The van der Waals surface area contributed by atoms with E-state index in [1.165, 1.54) is 0 Å². The van der Waals surface area contributed by atoms with Crippen LogP contribution in [0.2, 0.25) is 0 Å². The molecule has 5 nitrogen and oxygen atoms in total. The molecular formula is C13H14BrN3O2. The molecule has 0 amide bonds. The van der Waals surface area contributed by atoms with Crippen LogP contribution in [0, 0.1) is 0 Å². The van der Waals surface area contributed by atoms with Gasteiger partial charge in [-0.2, -0.15) is 0 Å². The average molecular weight is 324 g/mol. The molecule has 1 aliphatic heterocycles. The molecule has 0 radical (unpaired) electrons. The van der Waals surface area contributed by atoms with Gasteiger partial charge >= 0.3 is 0 Å². The van der Waals surface area contributed by atoms with Gasteiger partial charge in [0.05, 0.1) is 17.8 Å². The van der Waals surface area contributed by atoms with Crippen LogP contribution in [-0.4, -0.2) is 40.4 Å². The standard InChI is InChI=1S/C13H14BrN3O2/c14-9-5-11-12(16-6-9)10(1-3-15-11)17-7-13(18)2-4-19-8-13/h1,3,5-6,18H,2,4,7-8H2,(H,15,17). The van der Waals surface area contributed by atoms with Crippen molar-refractivity contribution >= 4 is 32.7 Å². The summed E-state index contributed by atoms with van der Waals surface area (Å²) in [5.41, 5.74) is 1.70. The van der Waals surface area contributed by atoms with E-state index in [0.29, 0.717) is 26.2 Å². The Hall–Kier alpha value is -1.24. The first-order chi connectivity index (χ1) is 9.16. The lowest BCUT2D eigenvalue weighted by Gasteiger charge is -2.21. The van der Waals surface area contributed by atoms with Gasteiger partial charge in [-0.1, -0.05) is 0 Å².